The fourth-order valence-corrected chi connectivity index (χ4v) is 1.28. The van der Waals surface area contributed by atoms with Crippen LogP contribution in [0.3, 0.4) is 0 Å². The van der Waals surface area contributed by atoms with E-state index in [0.29, 0.717) is 18.7 Å². The molecule has 0 fully saturated rings. The number of carbonyl (C=O) groups excluding carboxylic acids is 2. The summed E-state index contributed by atoms with van der Waals surface area (Å²) < 4.78 is 25.4. The van der Waals surface area contributed by atoms with Crippen molar-refractivity contribution >= 4 is 11.6 Å². The third-order valence-electron chi connectivity index (χ3n) is 2.16. The van der Waals surface area contributed by atoms with Crippen LogP contribution in [0.1, 0.15) is 23.0 Å². The van der Waals surface area contributed by atoms with E-state index in [2.05, 4.69) is 5.10 Å². The summed E-state index contributed by atoms with van der Waals surface area (Å²) in [4.78, 5) is 22.1. The van der Waals surface area contributed by atoms with Gasteiger partial charge in [0.25, 0.3) is 6.43 Å². The molecule has 1 aromatic rings. The molecule has 0 atom stereocenters. The second-order valence-electron chi connectivity index (χ2n) is 3.17. The Morgan fingerprint density at radius 1 is 1.53 bits per heavy atom. The van der Waals surface area contributed by atoms with Gasteiger partial charge in [-0.2, -0.15) is 0 Å². The molecule has 0 aromatic carbocycles. The molecular formula is C10H11F2N2NaO2. The van der Waals surface area contributed by atoms with Gasteiger partial charge in [-0.25, -0.2) is 13.9 Å². The fourth-order valence-electron chi connectivity index (χ4n) is 1.28. The summed E-state index contributed by atoms with van der Waals surface area (Å²) in [6, 6.07) is 0. The van der Waals surface area contributed by atoms with Crippen molar-refractivity contribution in [1.82, 2.24) is 9.78 Å². The predicted octanol–water partition coefficient (Wildman–Crippen LogP) is -1.56. The first-order valence-corrected chi connectivity index (χ1v) is 4.70. The molecule has 88 valence electrons. The molecule has 0 bridgehead atoms. The maximum absolute atomic E-state index is 11.9. The number of rotatable bonds is 5. The molecule has 0 N–H and O–H groups in total. The zero-order valence-corrected chi connectivity index (χ0v) is 11.9. The molecule has 0 amide bonds. The number of aryl methyl sites for hydroxylation is 1. The summed E-state index contributed by atoms with van der Waals surface area (Å²) >= 11 is 0. The molecule has 0 unspecified atom stereocenters. The van der Waals surface area contributed by atoms with Crippen LogP contribution in [0.5, 0.6) is 0 Å². The molecule has 17 heavy (non-hydrogen) atoms. The second kappa shape index (κ2) is 6.88. The summed E-state index contributed by atoms with van der Waals surface area (Å²) in [6.07, 6.45) is -1.46. The van der Waals surface area contributed by atoms with Gasteiger partial charge in [0.15, 0.2) is 0 Å². The van der Waals surface area contributed by atoms with Crippen molar-refractivity contribution < 1.29 is 47.9 Å². The molecule has 4 nitrogen and oxygen atoms in total. The zero-order chi connectivity index (χ0) is 12.3. The van der Waals surface area contributed by atoms with E-state index < -0.39 is 18.0 Å². The number of halogens is 2. The van der Waals surface area contributed by atoms with Gasteiger partial charge in [-0.15, -0.1) is 6.42 Å². The summed E-state index contributed by atoms with van der Waals surface area (Å²) in [6.45, 7) is 4.05. The average Bonchev–Trinajstić information content (AvgIpc) is 2.59. The first-order valence-electron chi connectivity index (χ1n) is 4.70. The molecule has 1 rings (SSSR count). The van der Waals surface area contributed by atoms with Crippen LogP contribution in [0.25, 0.3) is 0 Å². The number of ketones is 2. The molecule has 0 saturated carbocycles. The van der Waals surface area contributed by atoms with Crippen LogP contribution in [-0.2, 0) is 11.3 Å². The normalized spacial score (nSPS) is 9.94. The minimum absolute atomic E-state index is 0. The number of hydrogen-bond acceptors (Lipinski definition) is 3. The van der Waals surface area contributed by atoms with Gasteiger partial charge in [-0.3, -0.25) is 4.68 Å². The maximum atomic E-state index is 11.9. The Labute approximate surface area is 120 Å². The number of hydrogen-bond donors (Lipinski definition) is 0. The van der Waals surface area contributed by atoms with Gasteiger partial charge in [0.2, 0.25) is 0 Å². The van der Waals surface area contributed by atoms with E-state index in [1.807, 2.05) is 6.92 Å². The average molecular weight is 252 g/mol. The van der Waals surface area contributed by atoms with E-state index in [9.17, 15) is 18.4 Å². The van der Waals surface area contributed by atoms with Crippen LogP contribution in [0.15, 0.2) is 6.20 Å². The third-order valence-corrected chi connectivity index (χ3v) is 2.16. The molecular weight excluding hydrogens is 241 g/mol. The Morgan fingerprint density at radius 3 is 2.53 bits per heavy atom. The number of Topliss-reactive ketones (excluding diaryl/α,β-unsaturated/α-hetero) is 2. The summed E-state index contributed by atoms with van der Waals surface area (Å²) in [5.41, 5.74) is 0.738. The van der Waals surface area contributed by atoms with Gasteiger partial charge in [0.1, 0.15) is 5.78 Å². The summed E-state index contributed by atoms with van der Waals surface area (Å²) in [5, 5.41) is 3.88. The molecule has 0 radical (unpaired) electrons. The van der Waals surface area contributed by atoms with Crippen molar-refractivity contribution in [2.45, 2.75) is 26.8 Å². The van der Waals surface area contributed by atoms with Gasteiger partial charge in [-0.1, -0.05) is 5.56 Å². The van der Waals surface area contributed by atoms with Gasteiger partial charge in [0, 0.05) is 12.3 Å². The van der Waals surface area contributed by atoms with Crippen molar-refractivity contribution in [3.8, 4) is 0 Å². The number of alkyl halides is 2. The molecule has 1 heterocycles. The minimum atomic E-state index is -3.15. The first kappa shape index (κ1) is 16.3. The first-order chi connectivity index (χ1) is 7.47. The van der Waals surface area contributed by atoms with Gasteiger partial charge < -0.3 is 9.59 Å². The van der Waals surface area contributed by atoms with E-state index in [-0.39, 0.29) is 35.1 Å². The van der Waals surface area contributed by atoms with Gasteiger partial charge in [0.05, 0.1) is 0 Å². The number of carbonyl (C=O) groups is 2. The van der Waals surface area contributed by atoms with Crippen molar-refractivity contribution in [2.75, 3.05) is 0 Å². The Morgan fingerprint density at radius 2 is 2.12 bits per heavy atom. The topological polar surface area (TPSA) is 52.0 Å². The van der Waals surface area contributed by atoms with Gasteiger partial charge in [-0.05, 0) is 25.7 Å². The van der Waals surface area contributed by atoms with Crippen molar-refractivity contribution in [2.24, 2.45) is 0 Å². The van der Waals surface area contributed by atoms with Crippen LogP contribution in [0.4, 0.5) is 8.78 Å². The standard InChI is InChI=1S/C10H11F2N2O2.Na/c1-3-14-6(2)7(5-13-14)8(15)4-9(16)10(11)12;/h4-5,10H,3H2,1-2H3;/q-1;+1. The SMILES string of the molecule is CCn1ncc(C(=O)[CH-]C(=O)C(F)F)c1C.[Na+]. The molecule has 0 aliphatic heterocycles. The largest absolute Gasteiger partial charge is 1.00 e. The Hall–Kier alpha value is -0.720. The van der Waals surface area contributed by atoms with Crippen molar-refractivity contribution in [3.05, 3.63) is 23.9 Å². The van der Waals surface area contributed by atoms with Crippen molar-refractivity contribution in [1.29, 1.82) is 0 Å². The van der Waals surface area contributed by atoms with Crippen LogP contribution in [0, 0.1) is 13.3 Å². The van der Waals surface area contributed by atoms with Crippen LogP contribution < -0.4 is 29.6 Å². The van der Waals surface area contributed by atoms with E-state index in [4.69, 9.17) is 0 Å². The van der Waals surface area contributed by atoms with Gasteiger partial charge >= 0.3 is 29.6 Å². The summed E-state index contributed by atoms with van der Waals surface area (Å²) in [5.74, 6) is -2.21. The maximum Gasteiger partial charge on any atom is 1.00 e. The minimum Gasteiger partial charge on any atom is -0.331 e. The molecule has 0 aliphatic carbocycles. The number of nitrogens with zero attached hydrogens (tertiary/aromatic N) is 2. The third kappa shape index (κ3) is 3.90. The Balaban J connectivity index is 0.00000256. The van der Waals surface area contributed by atoms with Crippen LogP contribution in [-0.4, -0.2) is 27.8 Å². The fraction of sp³-hybridized carbons (Fsp3) is 0.400. The monoisotopic (exact) mass is 252 g/mol. The van der Waals surface area contributed by atoms with Crippen molar-refractivity contribution in [3.63, 3.8) is 0 Å². The zero-order valence-electron chi connectivity index (χ0n) is 9.91. The predicted molar refractivity (Wildman–Crippen MR) is 52.3 cm³/mol. The molecule has 7 heteroatoms. The Kier molecular flexibility index (Phi) is 6.59. The molecule has 0 saturated heterocycles. The second-order valence-corrected chi connectivity index (χ2v) is 3.17. The quantitative estimate of drug-likeness (QED) is 0.275. The number of aromatic nitrogens is 2. The molecule has 1 aromatic heterocycles. The smallest absolute Gasteiger partial charge is 0.331 e. The molecule has 0 aliphatic rings. The molecule has 0 spiro atoms. The van der Waals surface area contributed by atoms with Crippen LogP contribution >= 0.6 is 0 Å². The summed E-state index contributed by atoms with van der Waals surface area (Å²) in [7, 11) is 0. The van der Waals surface area contributed by atoms with E-state index in [1.165, 1.54) is 6.20 Å². The van der Waals surface area contributed by atoms with E-state index in [1.54, 1.807) is 11.6 Å². The van der Waals surface area contributed by atoms with Crippen LogP contribution in [0.2, 0.25) is 0 Å². The van der Waals surface area contributed by atoms with E-state index in [0.717, 1.165) is 0 Å². The Bertz CT molecular complexity index is 418. The van der Waals surface area contributed by atoms with E-state index >= 15 is 0 Å².